The lowest BCUT2D eigenvalue weighted by Crippen LogP contribution is -2.38. The molecular formula is C32H31N5O4. The van der Waals surface area contributed by atoms with Crippen LogP contribution in [0.2, 0.25) is 0 Å². The summed E-state index contributed by atoms with van der Waals surface area (Å²) in [6.07, 6.45) is 5.07. The molecule has 4 aromatic rings. The number of carboxylic acids is 1. The Bertz CT molecular complexity index is 1670. The van der Waals surface area contributed by atoms with E-state index >= 15 is 0 Å². The smallest absolute Gasteiger partial charge is 0.335 e. The Kier molecular flexibility index (Phi) is 6.45. The van der Waals surface area contributed by atoms with Crippen LogP contribution in [0.15, 0.2) is 60.8 Å². The summed E-state index contributed by atoms with van der Waals surface area (Å²) in [4.78, 5) is 23.8. The number of nitrogens with zero attached hydrogens (tertiary/aromatic N) is 5. The standard InChI is InChI=1S/C32H31N5O4/c33-16-21-3-1-4-22(13-21)20-41-28-5-2-10-34-30(28)32-9-11-36(17-24(32)15-32)19-29-35-26-7-6-23(31(38)39)14-27(26)37(29)18-25-8-12-40-25/h1-7,10,13-14,24-25H,8-9,11-12,15,17-20H2,(H,38,39)/t24?,25-,32?/m0/s1. The molecule has 3 aliphatic rings. The molecule has 2 aromatic heterocycles. The highest BCUT2D eigenvalue weighted by molar-refractivity contribution is 5.92. The first-order valence-electron chi connectivity index (χ1n) is 14.2. The lowest BCUT2D eigenvalue weighted by atomic mass is 9.90. The quantitative estimate of drug-likeness (QED) is 0.324. The minimum Gasteiger partial charge on any atom is -0.487 e. The molecule has 2 saturated heterocycles. The van der Waals surface area contributed by atoms with Gasteiger partial charge in [0.05, 0.1) is 53.1 Å². The van der Waals surface area contributed by atoms with E-state index in [2.05, 4.69) is 15.5 Å². The molecule has 208 valence electrons. The average molecular weight is 550 g/mol. The van der Waals surface area contributed by atoms with Crippen molar-refractivity contribution in [2.45, 2.75) is 50.5 Å². The Morgan fingerprint density at radius 1 is 1.22 bits per heavy atom. The van der Waals surface area contributed by atoms with Gasteiger partial charge in [0.15, 0.2) is 0 Å². The largest absolute Gasteiger partial charge is 0.487 e. The lowest BCUT2D eigenvalue weighted by molar-refractivity contribution is -0.0592. The molecule has 41 heavy (non-hydrogen) atoms. The summed E-state index contributed by atoms with van der Waals surface area (Å²) in [7, 11) is 0. The van der Waals surface area contributed by atoms with Crippen molar-refractivity contribution in [1.82, 2.24) is 19.4 Å². The fourth-order valence-electron chi connectivity index (χ4n) is 6.47. The van der Waals surface area contributed by atoms with Gasteiger partial charge in [-0.25, -0.2) is 9.78 Å². The average Bonchev–Trinajstić information content (AvgIpc) is 3.61. The molecule has 3 atom stereocenters. The molecule has 7 rings (SSSR count). The van der Waals surface area contributed by atoms with E-state index in [-0.39, 0.29) is 17.1 Å². The maximum absolute atomic E-state index is 11.6. The summed E-state index contributed by atoms with van der Waals surface area (Å²) in [6, 6.07) is 18.8. The van der Waals surface area contributed by atoms with Gasteiger partial charge < -0.3 is 19.1 Å². The molecule has 9 nitrogen and oxygen atoms in total. The predicted molar refractivity (Wildman–Crippen MR) is 150 cm³/mol. The molecule has 1 saturated carbocycles. The van der Waals surface area contributed by atoms with Crippen LogP contribution in [-0.4, -0.2) is 56.3 Å². The van der Waals surface area contributed by atoms with Crippen LogP contribution in [0.3, 0.4) is 0 Å². The molecule has 2 aliphatic heterocycles. The third kappa shape index (κ3) is 4.83. The number of carboxylic acid groups (broad SMARTS) is 1. The topological polar surface area (TPSA) is 114 Å². The maximum atomic E-state index is 11.6. The number of rotatable bonds is 9. The van der Waals surface area contributed by atoms with Gasteiger partial charge in [-0.1, -0.05) is 12.1 Å². The van der Waals surface area contributed by atoms with Gasteiger partial charge in [-0.05, 0) is 79.8 Å². The minimum absolute atomic E-state index is 0.0257. The molecule has 0 radical (unpaired) electrons. The van der Waals surface area contributed by atoms with Crippen molar-refractivity contribution in [3.05, 3.63) is 89.0 Å². The first-order chi connectivity index (χ1) is 20.0. The molecule has 3 fully saturated rings. The third-order valence-corrected chi connectivity index (χ3v) is 8.90. The second-order valence-electron chi connectivity index (χ2n) is 11.4. The first-order valence-corrected chi connectivity index (χ1v) is 14.2. The van der Waals surface area contributed by atoms with E-state index in [4.69, 9.17) is 19.4 Å². The molecule has 4 heterocycles. The molecule has 2 unspecified atom stereocenters. The number of aromatic carboxylic acids is 1. The van der Waals surface area contributed by atoms with Crippen LogP contribution in [0.1, 0.15) is 52.3 Å². The van der Waals surface area contributed by atoms with Gasteiger partial charge in [0.1, 0.15) is 18.2 Å². The summed E-state index contributed by atoms with van der Waals surface area (Å²) in [6.45, 7) is 4.42. The van der Waals surface area contributed by atoms with Crippen molar-refractivity contribution in [1.29, 1.82) is 5.26 Å². The fraction of sp³-hybridized carbons (Fsp3) is 0.375. The molecule has 0 spiro atoms. The van der Waals surface area contributed by atoms with Crippen molar-refractivity contribution >= 4 is 17.0 Å². The zero-order valence-corrected chi connectivity index (χ0v) is 22.7. The van der Waals surface area contributed by atoms with E-state index in [1.165, 1.54) is 0 Å². The number of aromatic nitrogens is 3. The Labute approximate surface area is 238 Å². The number of ether oxygens (including phenoxy) is 2. The summed E-state index contributed by atoms with van der Waals surface area (Å²) in [5.74, 6) is 1.33. The van der Waals surface area contributed by atoms with E-state index in [0.29, 0.717) is 31.2 Å². The van der Waals surface area contributed by atoms with Gasteiger partial charge in [-0.3, -0.25) is 9.88 Å². The summed E-state index contributed by atoms with van der Waals surface area (Å²) in [5, 5.41) is 18.8. The van der Waals surface area contributed by atoms with Gasteiger partial charge in [0.25, 0.3) is 0 Å². The number of hydrogen-bond acceptors (Lipinski definition) is 7. The third-order valence-electron chi connectivity index (χ3n) is 8.90. The Morgan fingerprint density at radius 2 is 2.12 bits per heavy atom. The van der Waals surface area contributed by atoms with E-state index in [1.54, 1.807) is 18.2 Å². The number of imidazole rings is 1. The van der Waals surface area contributed by atoms with Crippen LogP contribution in [0.5, 0.6) is 5.75 Å². The zero-order chi connectivity index (χ0) is 28.0. The van der Waals surface area contributed by atoms with Crippen LogP contribution in [-0.2, 0) is 29.8 Å². The number of nitriles is 1. The minimum atomic E-state index is -0.934. The monoisotopic (exact) mass is 549 g/mol. The highest BCUT2D eigenvalue weighted by Gasteiger charge is 2.59. The first kappa shape index (κ1) is 25.7. The van der Waals surface area contributed by atoms with Gasteiger partial charge in [-0.15, -0.1) is 0 Å². The van der Waals surface area contributed by atoms with Crippen molar-refractivity contribution in [3.63, 3.8) is 0 Å². The highest BCUT2D eigenvalue weighted by Crippen LogP contribution is 2.60. The number of carbonyl (C=O) groups is 1. The number of pyridine rings is 1. The molecule has 0 amide bonds. The highest BCUT2D eigenvalue weighted by atomic mass is 16.5. The SMILES string of the molecule is N#Cc1cccc(COc2cccnc2C23CCN(Cc4nc5ccc(C(=O)O)cc5n4C[C@@H]4CCO4)CC2C3)c1. The van der Waals surface area contributed by atoms with Crippen LogP contribution in [0.4, 0.5) is 0 Å². The molecule has 1 N–H and O–H groups in total. The molecule has 1 aliphatic carbocycles. The molecular weight excluding hydrogens is 518 g/mol. The lowest BCUT2D eigenvalue weighted by Gasteiger charge is -2.32. The summed E-state index contributed by atoms with van der Waals surface area (Å²) < 4.78 is 14.1. The van der Waals surface area contributed by atoms with Gasteiger partial charge in [-0.2, -0.15) is 5.26 Å². The van der Waals surface area contributed by atoms with Crippen molar-refractivity contribution in [3.8, 4) is 11.8 Å². The van der Waals surface area contributed by atoms with Crippen molar-refractivity contribution in [2.24, 2.45) is 5.92 Å². The number of piperidine rings is 1. The number of hydrogen-bond donors (Lipinski definition) is 1. The van der Waals surface area contributed by atoms with Gasteiger partial charge >= 0.3 is 5.97 Å². The van der Waals surface area contributed by atoms with Crippen molar-refractivity contribution in [2.75, 3.05) is 19.7 Å². The van der Waals surface area contributed by atoms with Gasteiger partial charge in [0, 0.05) is 24.8 Å². The number of benzene rings is 2. The molecule has 2 aromatic carbocycles. The Hall–Kier alpha value is -4.26. The fourth-order valence-corrected chi connectivity index (χ4v) is 6.47. The second kappa shape index (κ2) is 10.3. The number of fused-ring (bicyclic) bond motifs is 2. The van der Waals surface area contributed by atoms with Crippen LogP contribution < -0.4 is 4.74 Å². The Balaban J connectivity index is 1.07. The Morgan fingerprint density at radius 3 is 2.90 bits per heavy atom. The van der Waals surface area contributed by atoms with Crippen LogP contribution in [0.25, 0.3) is 11.0 Å². The van der Waals surface area contributed by atoms with E-state index in [1.807, 2.05) is 42.6 Å². The number of likely N-dealkylation sites (tertiary alicyclic amines) is 1. The van der Waals surface area contributed by atoms with Crippen LogP contribution in [0, 0.1) is 17.2 Å². The molecule has 0 bridgehead atoms. The normalized spacial score (nSPS) is 23.4. The maximum Gasteiger partial charge on any atom is 0.335 e. The van der Waals surface area contributed by atoms with Gasteiger partial charge in [0.2, 0.25) is 0 Å². The van der Waals surface area contributed by atoms with E-state index in [0.717, 1.165) is 72.8 Å². The molecule has 9 heteroatoms. The van der Waals surface area contributed by atoms with Crippen molar-refractivity contribution < 1.29 is 19.4 Å². The van der Waals surface area contributed by atoms with E-state index < -0.39 is 5.97 Å². The second-order valence-corrected chi connectivity index (χ2v) is 11.4. The zero-order valence-electron chi connectivity index (χ0n) is 22.7. The van der Waals surface area contributed by atoms with Crippen LogP contribution >= 0.6 is 0 Å². The summed E-state index contributed by atoms with van der Waals surface area (Å²) in [5.41, 5.74) is 4.59. The summed E-state index contributed by atoms with van der Waals surface area (Å²) >= 11 is 0. The predicted octanol–water partition coefficient (Wildman–Crippen LogP) is 4.53. The van der Waals surface area contributed by atoms with E-state index in [9.17, 15) is 15.2 Å².